The second-order valence-corrected chi connectivity index (χ2v) is 17.3. The van der Waals surface area contributed by atoms with Gasteiger partial charge in [-0.1, -0.05) is 154 Å². The van der Waals surface area contributed by atoms with Crippen molar-refractivity contribution < 1.29 is 47.2 Å². The van der Waals surface area contributed by atoms with Crippen LogP contribution in [0.15, 0.2) is 134 Å². The monoisotopic (exact) mass is 896 g/mol. The molecule has 0 bridgehead atoms. The molecule has 0 saturated carbocycles. The smallest absolute Gasteiger partial charge is 0.306 e. The van der Waals surface area contributed by atoms with Gasteiger partial charge in [0.2, 0.25) is 0 Å². The van der Waals surface area contributed by atoms with Gasteiger partial charge in [0, 0.05) is 12.8 Å². The van der Waals surface area contributed by atoms with E-state index in [0.717, 1.165) is 70.6 Å². The highest BCUT2D eigenvalue weighted by Crippen LogP contribution is 2.38. The maximum absolute atomic E-state index is 12.7. The highest BCUT2D eigenvalue weighted by Gasteiger charge is 2.21. The fraction of sp³-hybridized carbons (Fsp3) is 0.538. The number of nitrogens with zero attached hydrogens (tertiary/aromatic N) is 1. The van der Waals surface area contributed by atoms with Crippen molar-refractivity contribution in [3.05, 3.63) is 134 Å². The lowest BCUT2D eigenvalue weighted by Gasteiger charge is -2.28. The third-order valence-corrected chi connectivity index (χ3v) is 9.72. The van der Waals surface area contributed by atoms with Gasteiger partial charge in [0.25, 0.3) is 7.82 Å². The Kier molecular flexibility index (Phi) is 39.5. The van der Waals surface area contributed by atoms with Crippen LogP contribution in [0.2, 0.25) is 0 Å². The van der Waals surface area contributed by atoms with Crippen LogP contribution in [0, 0.1) is 0 Å². The molecule has 0 amide bonds. The minimum Gasteiger partial charge on any atom is -0.756 e. The number of hydrogen-bond acceptors (Lipinski definition) is 9. The third kappa shape index (κ3) is 45.9. The Balaban J connectivity index is 4.60. The van der Waals surface area contributed by atoms with Gasteiger partial charge < -0.3 is 33.0 Å². The summed E-state index contributed by atoms with van der Waals surface area (Å²) in [6, 6.07) is 0. The van der Waals surface area contributed by atoms with E-state index in [2.05, 4.69) is 92.8 Å². The molecule has 0 aliphatic rings. The molecule has 0 aliphatic heterocycles. The Morgan fingerprint density at radius 2 is 1.10 bits per heavy atom. The second-order valence-electron chi connectivity index (χ2n) is 15.8. The topological polar surface area (TPSA) is 131 Å². The van der Waals surface area contributed by atoms with Crippen molar-refractivity contribution in [2.75, 3.05) is 47.5 Å². The number of quaternary nitrogens is 1. The van der Waals surface area contributed by atoms with E-state index < -0.39 is 38.6 Å². The van der Waals surface area contributed by atoms with Crippen molar-refractivity contribution in [2.45, 2.75) is 135 Å². The SMILES string of the molecule is CC/C=C\C/C=C\C/C=C\C/C=C\C/C=C\CCCCCC(=O)O[C@H](COC(=O)CC/C=C\C/C=C\C/C=C\C=C\C(O)C/C=C\C/C=C\CC)COP(=O)([O-])OCC[N+](C)(C)C. The number of phosphoric ester groups is 1. The van der Waals surface area contributed by atoms with Crippen LogP contribution in [0.1, 0.15) is 123 Å². The van der Waals surface area contributed by atoms with Crippen LogP contribution < -0.4 is 4.89 Å². The Labute approximate surface area is 382 Å². The van der Waals surface area contributed by atoms with Gasteiger partial charge in [-0.3, -0.25) is 14.2 Å². The van der Waals surface area contributed by atoms with Gasteiger partial charge in [-0.25, -0.2) is 0 Å². The van der Waals surface area contributed by atoms with Crippen molar-refractivity contribution in [1.29, 1.82) is 0 Å². The van der Waals surface area contributed by atoms with E-state index in [9.17, 15) is 24.2 Å². The molecule has 2 unspecified atom stereocenters. The summed E-state index contributed by atoms with van der Waals surface area (Å²) >= 11 is 0. The molecule has 0 rings (SSSR count). The maximum atomic E-state index is 12.7. The van der Waals surface area contributed by atoms with E-state index in [0.29, 0.717) is 36.7 Å². The molecule has 0 aromatic carbocycles. The molecule has 0 aliphatic carbocycles. The number of ether oxygens (including phenoxy) is 2. The summed E-state index contributed by atoms with van der Waals surface area (Å²) < 4.78 is 33.8. The second kappa shape index (κ2) is 42.1. The number of carbonyl (C=O) groups excluding carboxylic acids is 2. The predicted molar refractivity (Wildman–Crippen MR) is 260 cm³/mol. The van der Waals surface area contributed by atoms with Gasteiger partial charge in [0.1, 0.15) is 19.8 Å². The number of aliphatic hydroxyl groups is 1. The molecular weight excluding hydrogens is 814 g/mol. The van der Waals surface area contributed by atoms with Crippen LogP contribution in [0.25, 0.3) is 0 Å². The Morgan fingerprint density at radius 1 is 0.587 bits per heavy atom. The summed E-state index contributed by atoms with van der Waals surface area (Å²) in [5.41, 5.74) is 0. The normalized spacial score (nSPS) is 15.2. The van der Waals surface area contributed by atoms with E-state index in [-0.39, 0.29) is 26.1 Å². The highest BCUT2D eigenvalue weighted by atomic mass is 31.2. The van der Waals surface area contributed by atoms with E-state index in [1.54, 1.807) is 6.08 Å². The number of allylic oxidation sites excluding steroid dienone is 20. The van der Waals surface area contributed by atoms with Gasteiger partial charge in [-0.15, -0.1) is 0 Å². The standard InChI is InChI=1S/C52H82NO9P/c1-6-8-10-12-14-15-16-17-18-19-20-21-22-23-24-29-32-36-40-44-52(56)62-50(48-61-63(57,58)60-46-45-53(3,4)5)47-59-51(55)43-39-35-31-28-26-25-27-30-34-38-42-49(54)41-37-33-13-11-9-7-2/h8-11,14-15,17-18,20-21,23-26,30-31,33-35,37-38,42,49-50,54H,6-7,12-13,16,19,22,27-29,32,36,39-41,43-48H2,1-5H3/b10-8-,11-9-,15-14-,18-17-,21-20-,24-23-,26-25-,34-30-,35-31-,37-33-,42-38+/t49?,50-/m1/s1. The molecule has 1 N–H and O–H groups in total. The first-order chi connectivity index (χ1) is 30.4. The summed E-state index contributed by atoms with van der Waals surface area (Å²) in [7, 11) is 1.05. The molecule has 0 heterocycles. The number of esters is 2. The van der Waals surface area contributed by atoms with Crippen molar-refractivity contribution in [1.82, 2.24) is 0 Å². The van der Waals surface area contributed by atoms with E-state index in [1.165, 1.54) is 0 Å². The zero-order valence-electron chi connectivity index (χ0n) is 39.3. The molecule has 354 valence electrons. The molecule has 0 aromatic rings. The number of hydrogen-bond donors (Lipinski definition) is 1. The van der Waals surface area contributed by atoms with Crippen molar-refractivity contribution in [3.8, 4) is 0 Å². The van der Waals surface area contributed by atoms with Crippen molar-refractivity contribution in [3.63, 3.8) is 0 Å². The van der Waals surface area contributed by atoms with E-state index in [4.69, 9.17) is 18.5 Å². The summed E-state index contributed by atoms with van der Waals surface area (Å²) in [4.78, 5) is 37.6. The number of likely N-dealkylation sites (N-methyl/N-ethyl adjacent to an activating group) is 1. The number of aliphatic hydroxyl groups excluding tert-OH is 1. The number of carbonyl (C=O) groups is 2. The summed E-state index contributed by atoms with van der Waals surface area (Å²) in [6.45, 7) is 3.75. The first-order valence-corrected chi connectivity index (χ1v) is 24.5. The van der Waals surface area contributed by atoms with Crippen molar-refractivity contribution in [2.24, 2.45) is 0 Å². The number of phosphoric acid groups is 1. The van der Waals surface area contributed by atoms with Gasteiger partial charge in [0.15, 0.2) is 6.10 Å². The minimum atomic E-state index is -4.68. The zero-order chi connectivity index (χ0) is 46.5. The molecule has 0 radical (unpaired) electrons. The van der Waals surface area contributed by atoms with Gasteiger partial charge in [-0.05, 0) is 89.9 Å². The zero-order valence-corrected chi connectivity index (χ0v) is 40.2. The molecule has 10 nitrogen and oxygen atoms in total. The Hall–Kier alpha value is -3.89. The van der Waals surface area contributed by atoms with Crippen LogP contribution in [0.5, 0.6) is 0 Å². The lowest BCUT2D eigenvalue weighted by molar-refractivity contribution is -0.870. The summed E-state index contributed by atoms with van der Waals surface area (Å²) in [5.74, 6) is -1.02. The fourth-order valence-corrected chi connectivity index (χ4v) is 5.93. The van der Waals surface area contributed by atoms with Crippen molar-refractivity contribution >= 4 is 19.8 Å². The van der Waals surface area contributed by atoms with Crippen LogP contribution >= 0.6 is 7.82 Å². The maximum Gasteiger partial charge on any atom is 0.306 e. The molecule has 3 atom stereocenters. The van der Waals surface area contributed by atoms with Crippen LogP contribution in [0.3, 0.4) is 0 Å². The predicted octanol–water partition coefficient (Wildman–Crippen LogP) is 11.8. The van der Waals surface area contributed by atoms with E-state index >= 15 is 0 Å². The lowest BCUT2D eigenvalue weighted by atomic mass is 10.1. The first-order valence-electron chi connectivity index (χ1n) is 23.0. The Bertz CT molecular complexity index is 1540. The largest absolute Gasteiger partial charge is 0.756 e. The Morgan fingerprint density at radius 3 is 1.65 bits per heavy atom. The molecular formula is C52H82NO9P. The molecule has 63 heavy (non-hydrogen) atoms. The van der Waals surface area contributed by atoms with Crippen LogP contribution in [0.4, 0.5) is 0 Å². The van der Waals surface area contributed by atoms with E-state index in [1.807, 2.05) is 69.8 Å². The molecule has 0 spiro atoms. The first kappa shape index (κ1) is 59.1. The summed E-state index contributed by atoms with van der Waals surface area (Å²) in [6.07, 6.45) is 56.7. The highest BCUT2D eigenvalue weighted by molar-refractivity contribution is 7.45. The number of unbranched alkanes of at least 4 members (excludes halogenated alkanes) is 3. The van der Waals surface area contributed by atoms with Gasteiger partial charge >= 0.3 is 11.9 Å². The van der Waals surface area contributed by atoms with Gasteiger partial charge in [0.05, 0.1) is 33.9 Å². The molecule has 0 fully saturated rings. The minimum absolute atomic E-state index is 0.0660. The molecule has 11 heteroatoms. The average Bonchev–Trinajstić information content (AvgIpc) is 3.23. The number of rotatable bonds is 39. The van der Waals surface area contributed by atoms with Crippen LogP contribution in [-0.2, 0) is 32.7 Å². The van der Waals surface area contributed by atoms with Crippen LogP contribution in [-0.4, -0.2) is 81.2 Å². The molecule has 0 saturated heterocycles. The average molecular weight is 896 g/mol. The summed E-state index contributed by atoms with van der Waals surface area (Å²) in [5, 5.41) is 10.0. The lowest BCUT2D eigenvalue weighted by Crippen LogP contribution is -2.37. The fourth-order valence-electron chi connectivity index (χ4n) is 5.20. The third-order valence-electron chi connectivity index (χ3n) is 8.76. The molecule has 0 aromatic heterocycles. The van der Waals surface area contributed by atoms with Gasteiger partial charge in [-0.2, -0.15) is 0 Å². The quantitative estimate of drug-likeness (QED) is 0.0160.